The van der Waals surface area contributed by atoms with Crippen molar-refractivity contribution in [3.8, 4) is 11.4 Å². The second-order valence-electron chi connectivity index (χ2n) is 6.04. The molecule has 0 fully saturated rings. The van der Waals surface area contributed by atoms with E-state index >= 15 is 0 Å². The third kappa shape index (κ3) is 4.45. The van der Waals surface area contributed by atoms with Crippen LogP contribution in [0.1, 0.15) is 32.4 Å². The number of aryl methyl sites for hydroxylation is 1. The topological polar surface area (TPSA) is 55.0 Å². The molecule has 0 saturated carbocycles. The molecule has 0 aliphatic rings. The first kappa shape index (κ1) is 15.3. The molecule has 2 rings (SSSR count). The average molecular weight is 286 g/mol. The van der Waals surface area contributed by atoms with E-state index in [0.29, 0.717) is 6.42 Å². The van der Waals surface area contributed by atoms with E-state index in [4.69, 9.17) is 4.74 Å². The fraction of sp³-hybridized carbons (Fsp3) is 0.412. The lowest BCUT2D eigenvalue weighted by Crippen LogP contribution is -2.19. The number of ether oxygens (including phenoxy) is 1. The summed E-state index contributed by atoms with van der Waals surface area (Å²) < 4.78 is 4.74. The zero-order valence-corrected chi connectivity index (χ0v) is 12.8. The van der Waals surface area contributed by atoms with Crippen molar-refractivity contribution in [2.24, 2.45) is 5.41 Å². The maximum Gasteiger partial charge on any atom is 0.306 e. The van der Waals surface area contributed by atoms with Crippen LogP contribution in [0.5, 0.6) is 0 Å². The van der Waals surface area contributed by atoms with Crippen molar-refractivity contribution in [3.63, 3.8) is 0 Å². The van der Waals surface area contributed by atoms with Gasteiger partial charge in [0.25, 0.3) is 0 Å². The smallest absolute Gasteiger partial charge is 0.306 e. The molecule has 1 aromatic heterocycles. The number of methoxy groups -OCH3 is 1. The summed E-state index contributed by atoms with van der Waals surface area (Å²) in [5, 5.41) is 0. The highest BCUT2D eigenvalue weighted by Crippen LogP contribution is 2.27. The predicted molar refractivity (Wildman–Crippen MR) is 82.8 cm³/mol. The SMILES string of the molecule is COC(=O)CC(C)(C)CCc1cnc(-c2ccccc2)[nH]1. The van der Waals surface area contributed by atoms with Gasteiger partial charge in [-0.15, -0.1) is 0 Å². The minimum atomic E-state index is -0.158. The number of aromatic amines is 1. The van der Waals surface area contributed by atoms with Crippen LogP contribution in [0.4, 0.5) is 0 Å². The minimum absolute atomic E-state index is 0.0783. The minimum Gasteiger partial charge on any atom is -0.469 e. The number of esters is 1. The number of benzene rings is 1. The Morgan fingerprint density at radius 1 is 1.29 bits per heavy atom. The molecule has 1 N–H and O–H groups in total. The van der Waals surface area contributed by atoms with E-state index in [1.165, 1.54) is 7.11 Å². The molecule has 0 saturated heterocycles. The van der Waals surface area contributed by atoms with Crippen LogP contribution >= 0.6 is 0 Å². The van der Waals surface area contributed by atoms with Gasteiger partial charge in [-0.05, 0) is 18.3 Å². The summed E-state index contributed by atoms with van der Waals surface area (Å²) in [4.78, 5) is 19.1. The van der Waals surface area contributed by atoms with E-state index in [1.807, 2.05) is 36.5 Å². The maximum absolute atomic E-state index is 11.4. The van der Waals surface area contributed by atoms with Crippen molar-refractivity contribution in [3.05, 3.63) is 42.2 Å². The summed E-state index contributed by atoms with van der Waals surface area (Å²) in [6, 6.07) is 10.0. The first-order valence-electron chi connectivity index (χ1n) is 7.16. The molecule has 0 radical (unpaired) electrons. The van der Waals surface area contributed by atoms with Gasteiger partial charge in [-0.2, -0.15) is 0 Å². The Hall–Kier alpha value is -2.10. The molecule has 0 aliphatic heterocycles. The second-order valence-corrected chi connectivity index (χ2v) is 6.04. The largest absolute Gasteiger partial charge is 0.469 e. The van der Waals surface area contributed by atoms with Crippen LogP contribution in [-0.2, 0) is 16.0 Å². The van der Waals surface area contributed by atoms with Gasteiger partial charge in [0.05, 0.1) is 13.5 Å². The summed E-state index contributed by atoms with van der Waals surface area (Å²) in [7, 11) is 1.43. The normalized spacial score (nSPS) is 11.4. The number of carbonyl (C=O) groups excluding carboxylic acids is 1. The van der Waals surface area contributed by atoms with Crippen LogP contribution in [0.2, 0.25) is 0 Å². The van der Waals surface area contributed by atoms with Gasteiger partial charge < -0.3 is 9.72 Å². The molecule has 0 atom stereocenters. The van der Waals surface area contributed by atoms with Crippen molar-refractivity contribution < 1.29 is 9.53 Å². The molecule has 0 spiro atoms. The van der Waals surface area contributed by atoms with Crippen molar-refractivity contribution >= 4 is 5.97 Å². The van der Waals surface area contributed by atoms with E-state index in [0.717, 1.165) is 29.9 Å². The van der Waals surface area contributed by atoms with Gasteiger partial charge in [-0.25, -0.2) is 4.98 Å². The number of nitrogens with zero attached hydrogens (tertiary/aromatic N) is 1. The van der Waals surface area contributed by atoms with Crippen molar-refractivity contribution in [1.29, 1.82) is 0 Å². The standard InChI is InChI=1S/C17H22N2O2/c1-17(2,11-15(20)21-3)10-9-14-12-18-16(19-14)13-7-5-4-6-8-13/h4-8,12H,9-11H2,1-3H3,(H,18,19). The summed E-state index contributed by atoms with van der Waals surface area (Å²) in [6.45, 7) is 4.16. The van der Waals surface area contributed by atoms with Gasteiger partial charge in [0, 0.05) is 17.5 Å². The number of hydrogen-bond donors (Lipinski definition) is 1. The monoisotopic (exact) mass is 286 g/mol. The van der Waals surface area contributed by atoms with Gasteiger partial charge in [0.1, 0.15) is 5.82 Å². The fourth-order valence-corrected chi connectivity index (χ4v) is 2.25. The first-order chi connectivity index (χ1) is 10.00. The Morgan fingerprint density at radius 3 is 2.67 bits per heavy atom. The molecule has 1 aromatic carbocycles. The third-order valence-electron chi connectivity index (χ3n) is 3.60. The second kappa shape index (κ2) is 6.57. The van der Waals surface area contributed by atoms with E-state index in [9.17, 15) is 4.79 Å². The van der Waals surface area contributed by atoms with Gasteiger partial charge in [-0.1, -0.05) is 44.2 Å². The van der Waals surface area contributed by atoms with Gasteiger partial charge in [0.15, 0.2) is 0 Å². The first-order valence-corrected chi connectivity index (χ1v) is 7.16. The quantitative estimate of drug-likeness (QED) is 0.825. The van der Waals surface area contributed by atoms with Gasteiger partial charge in [-0.3, -0.25) is 4.79 Å². The molecular weight excluding hydrogens is 264 g/mol. The molecule has 0 aliphatic carbocycles. The van der Waals surface area contributed by atoms with E-state index in [2.05, 4.69) is 23.8 Å². The van der Waals surface area contributed by atoms with Crippen LogP contribution in [0, 0.1) is 5.41 Å². The van der Waals surface area contributed by atoms with Crippen LogP contribution in [0.25, 0.3) is 11.4 Å². The lowest BCUT2D eigenvalue weighted by Gasteiger charge is -2.22. The van der Waals surface area contributed by atoms with E-state index < -0.39 is 0 Å². The Kier molecular flexibility index (Phi) is 4.78. The number of hydrogen-bond acceptors (Lipinski definition) is 3. The van der Waals surface area contributed by atoms with Gasteiger partial charge in [0.2, 0.25) is 0 Å². The van der Waals surface area contributed by atoms with Crippen LogP contribution in [-0.4, -0.2) is 23.0 Å². The molecular formula is C17H22N2O2. The maximum atomic E-state index is 11.4. The summed E-state index contributed by atoms with van der Waals surface area (Å²) in [6.07, 6.45) is 4.07. The molecule has 4 nitrogen and oxygen atoms in total. The molecule has 0 amide bonds. The van der Waals surface area contributed by atoms with Crippen molar-refractivity contribution in [2.45, 2.75) is 33.1 Å². The Morgan fingerprint density at radius 2 is 2.00 bits per heavy atom. The summed E-state index contributed by atoms with van der Waals surface area (Å²) in [5.74, 6) is 0.728. The highest BCUT2D eigenvalue weighted by atomic mass is 16.5. The molecule has 0 bridgehead atoms. The molecule has 0 unspecified atom stereocenters. The summed E-state index contributed by atoms with van der Waals surface area (Å²) in [5.41, 5.74) is 2.09. The number of rotatable bonds is 6. The van der Waals surface area contributed by atoms with Crippen LogP contribution in [0.3, 0.4) is 0 Å². The molecule has 2 aromatic rings. The third-order valence-corrected chi connectivity index (χ3v) is 3.60. The molecule has 1 heterocycles. The summed E-state index contributed by atoms with van der Waals surface area (Å²) >= 11 is 0. The highest BCUT2D eigenvalue weighted by molar-refractivity contribution is 5.69. The predicted octanol–water partition coefficient (Wildman–Crippen LogP) is 3.60. The number of aromatic nitrogens is 2. The Labute approximate surface area is 125 Å². The lowest BCUT2D eigenvalue weighted by molar-refractivity contribution is -0.143. The Balaban J connectivity index is 1.96. The van der Waals surface area contributed by atoms with Crippen molar-refractivity contribution in [1.82, 2.24) is 9.97 Å². The van der Waals surface area contributed by atoms with Gasteiger partial charge >= 0.3 is 5.97 Å². The van der Waals surface area contributed by atoms with E-state index in [-0.39, 0.29) is 11.4 Å². The van der Waals surface area contributed by atoms with Crippen LogP contribution < -0.4 is 0 Å². The zero-order chi connectivity index (χ0) is 15.3. The number of nitrogens with one attached hydrogen (secondary N) is 1. The zero-order valence-electron chi connectivity index (χ0n) is 12.8. The highest BCUT2D eigenvalue weighted by Gasteiger charge is 2.22. The molecule has 112 valence electrons. The lowest BCUT2D eigenvalue weighted by atomic mass is 9.84. The number of H-pyrrole nitrogens is 1. The fourth-order valence-electron chi connectivity index (χ4n) is 2.25. The molecule has 21 heavy (non-hydrogen) atoms. The number of imidazole rings is 1. The van der Waals surface area contributed by atoms with Crippen LogP contribution in [0.15, 0.2) is 36.5 Å². The molecule has 4 heteroatoms. The van der Waals surface area contributed by atoms with Crippen molar-refractivity contribution in [2.75, 3.05) is 7.11 Å². The van der Waals surface area contributed by atoms with E-state index in [1.54, 1.807) is 0 Å². The number of carbonyl (C=O) groups is 1. The average Bonchev–Trinajstić information content (AvgIpc) is 2.95. The Bertz CT molecular complexity index is 588.